The van der Waals surface area contributed by atoms with Gasteiger partial charge in [0.15, 0.2) is 0 Å². The summed E-state index contributed by atoms with van der Waals surface area (Å²) in [5.41, 5.74) is 1.19. The largest absolute Gasteiger partial charge is 1.00 e. The number of benzene rings is 7. The topological polar surface area (TPSA) is 24.4 Å². The van der Waals surface area contributed by atoms with Crippen molar-refractivity contribution in [3.05, 3.63) is 218 Å². The molecule has 1 aliphatic heterocycles. The smallest absolute Gasteiger partial charge is 0.128 e. The number of hydrogen-bond donors (Lipinski definition) is 1. The van der Waals surface area contributed by atoms with Gasteiger partial charge in [0.2, 0.25) is 0 Å². The molecule has 0 spiro atoms. The molecule has 0 aromatic heterocycles. The summed E-state index contributed by atoms with van der Waals surface area (Å²) in [6, 6.07) is 76.2. The van der Waals surface area contributed by atoms with E-state index in [-0.39, 0.29) is 34.0 Å². The van der Waals surface area contributed by atoms with Gasteiger partial charge in [-0.1, -0.05) is 140 Å². The lowest BCUT2D eigenvalue weighted by Gasteiger charge is -2.26. The van der Waals surface area contributed by atoms with E-state index in [1.807, 2.05) is 18.2 Å². The van der Waals surface area contributed by atoms with Gasteiger partial charge in [0.05, 0.1) is 18.9 Å². The fourth-order valence-corrected chi connectivity index (χ4v) is 15.3. The second kappa shape index (κ2) is 22.4. The standard InChI is InChI=1S/2C20H20P.C9H10N2.2BrH/c2*1-2-21(18-12-6-3-7-13-18,19-14-8-4-9-15-19)20-16-10-5-11-17-20;1-2-4-8(5-3-1)9-10-6-7-11-9;;/h2*3-17H,2H2,1H3;1-5H,6-7H2,(H,10,11);2*1H/q2*+1;;;/p-2. The Kier molecular flexibility index (Phi) is 17.7. The summed E-state index contributed by atoms with van der Waals surface area (Å²) in [5, 5.41) is 12.0. The first-order valence-corrected chi connectivity index (χ1v) is 22.6. The molecule has 0 aliphatic carbocycles. The first-order valence-electron chi connectivity index (χ1n) is 18.7. The molecule has 2 nitrogen and oxygen atoms in total. The summed E-state index contributed by atoms with van der Waals surface area (Å²) in [5.74, 6) is 1.03. The Morgan fingerprint density at radius 1 is 0.382 bits per heavy atom. The molecular weight excluding hydrogens is 838 g/mol. The molecule has 55 heavy (non-hydrogen) atoms. The van der Waals surface area contributed by atoms with E-state index in [0.29, 0.717) is 0 Å². The second-order valence-electron chi connectivity index (χ2n) is 12.8. The zero-order chi connectivity index (χ0) is 36.6. The summed E-state index contributed by atoms with van der Waals surface area (Å²) in [6.45, 7) is 6.52. The molecular formula is C49H50Br2N2P2. The minimum atomic E-state index is -1.53. The summed E-state index contributed by atoms with van der Waals surface area (Å²) < 4.78 is 0. The second-order valence-corrected chi connectivity index (χ2v) is 20.4. The Balaban J connectivity index is 0.000000189. The molecule has 0 amide bonds. The van der Waals surface area contributed by atoms with Gasteiger partial charge in [-0.05, 0) is 86.6 Å². The highest BCUT2D eigenvalue weighted by molar-refractivity contribution is 7.96. The molecule has 6 heteroatoms. The number of aliphatic imine (C=N–C) groups is 1. The monoisotopic (exact) mass is 886 g/mol. The van der Waals surface area contributed by atoms with E-state index in [1.165, 1.54) is 37.4 Å². The normalized spacial score (nSPS) is 11.8. The summed E-state index contributed by atoms with van der Waals surface area (Å²) in [4.78, 5) is 4.31. The van der Waals surface area contributed by atoms with Crippen molar-refractivity contribution < 1.29 is 34.0 Å². The molecule has 1 N–H and O–H groups in total. The third kappa shape index (κ3) is 10.4. The Bertz CT molecular complexity index is 1780. The van der Waals surface area contributed by atoms with Gasteiger partial charge in [-0.15, -0.1) is 0 Å². The minimum Gasteiger partial charge on any atom is -1.00 e. The molecule has 0 saturated heterocycles. The predicted molar refractivity (Wildman–Crippen MR) is 237 cm³/mol. The van der Waals surface area contributed by atoms with E-state index in [9.17, 15) is 0 Å². The van der Waals surface area contributed by atoms with E-state index >= 15 is 0 Å². The van der Waals surface area contributed by atoms with Crippen LogP contribution in [0.15, 0.2) is 217 Å². The maximum atomic E-state index is 4.31. The van der Waals surface area contributed by atoms with Crippen LogP contribution in [0.3, 0.4) is 0 Å². The van der Waals surface area contributed by atoms with Crippen molar-refractivity contribution in [1.29, 1.82) is 0 Å². The molecule has 0 unspecified atom stereocenters. The number of nitrogens with one attached hydrogen (secondary N) is 1. The van der Waals surface area contributed by atoms with Crippen LogP contribution in [0.5, 0.6) is 0 Å². The molecule has 7 aromatic carbocycles. The Morgan fingerprint density at radius 2 is 0.618 bits per heavy atom. The predicted octanol–water partition coefficient (Wildman–Crippen LogP) is 3.05. The Morgan fingerprint density at radius 3 is 0.818 bits per heavy atom. The fraction of sp³-hybridized carbons (Fsp3) is 0.122. The van der Waals surface area contributed by atoms with Gasteiger partial charge in [-0.25, -0.2) is 0 Å². The Labute approximate surface area is 351 Å². The third-order valence-corrected chi connectivity index (χ3v) is 18.8. The van der Waals surface area contributed by atoms with Crippen LogP contribution in [-0.4, -0.2) is 31.2 Å². The van der Waals surface area contributed by atoms with Crippen LogP contribution in [-0.2, 0) is 0 Å². The van der Waals surface area contributed by atoms with Crippen molar-refractivity contribution in [2.45, 2.75) is 13.8 Å². The van der Waals surface area contributed by atoms with Crippen LogP contribution in [0.1, 0.15) is 19.4 Å². The third-order valence-electron chi connectivity index (χ3n) is 9.85. The lowest BCUT2D eigenvalue weighted by Crippen LogP contribution is -3.00. The van der Waals surface area contributed by atoms with Crippen molar-refractivity contribution in [3.8, 4) is 0 Å². The highest BCUT2D eigenvalue weighted by atomic mass is 79.9. The van der Waals surface area contributed by atoms with Crippen LogP contribution >= 0.6 is 14.5 Å². The number of halogens is 2. The van der Waals surface area contributed by atoms with Gasteiger partial charge in [0.25, 0.3) is 0 Å². The summed E-state index contributed by atoms with van der Waals surface area (Å²) in [7, 11) is -3.07. The van der Waals surface area contributed by atoms with E-state index in [0.717, 1.165) is 31.2 Å². The van der Waals surface area contributed by atoms with E-state index < -0.39 is 14.5 Å². The zero-order valence-electron chi connectivity index (χ0n) is 31.6. The first kappa shape index (κ1) is 43.6. The Hall–Kier alpha value is -4.17. The maximum absolute atomic E-state index is 4.31. The van der Waals surface area contributed by atoms with Gasteiger partial charge in [-0.3, -0.25) is 4.99 Å². The minimum absolute atomic E-state index is 0. The van der Waals surface area contributed by atoms with Gasteiger partial charge in [-0.2, -0.15) is 0 Å². The molecule has 7 aromatic rings. The summed E-state index contributed by atoms with van der Waals surface area (Å²) in [6.07, 6.45) is 2.29. The molecule has 0 bridgehead atoms. The van der Waals surface area contributed by atoms with Crippen LogP contribution < -0.4 is 71.1 Å². The average Bonchev–Trinajstić information content (AvgIpc) is 3.81. The van der Waals surface area contributed by atoms with Gasteiger partial charge in [0, 0.05) is 12.1 Å². The molecule has 0 fully saturated rings. The SMILES string of the molecule is CC[P+](c1ccccc1)(c1ccccc1)c1ccccc1.CC[P+](c1ccccc1)(c1ccccc1)c1ccccc1.[Br-].[Br-].c1ccc(C2=NCCN2)cc1. The fourth-order valence-electron chi connectivity index (χ4n) is 7.27. The molecule has 0 atom stereocenters. The summed E-state index contributed by atoms with van der Waals surface area (Å²) >= 11 is 0. The molecule has 280 valence electrons. The number of rotatable bonds is 9. The highest BCUT2D eigenvalue weighted by Gasteiger charge is 2.44. The van der Waals surface area contributed by atoms with Crippen molar-refractivity contribution in [2.24, 2.45) is 4.99 Å². The molecule has 1 aliphatic rings. The lowest BCUT2D eigenvalue weighted by molar-refractivity contribution is -0.00100. The molecule has 0 saturated carbocycles. The van der Waals surface area contributed by atoms with Crippen molar-refractivity contribution in [2.75, 3.05) is 25.4 Å². The number of nitrogens with zero attached hydrogens (tertiary/aromatic N) is 1. The van der Waals surface area contributed by atoms with Crippen LogP contribution in [0.4, 0.5) is 0 Å². The van der Waals surface area contributed by atoms with Crippen molar-refractivity contribution in [3.63, 3.8) is 0 Å². The first-order chi connectivity index (χ1) is 26.2. The van der Waals surface area contributed by atoms with E-state index in [1.54, 1.807) is 0 Å². The van der Waals surface area contributed by atoms with Crippen LogP contribution in [0.2, 0.25) is 0 Å². The van der Waals surface area contributed by atoms with Crippen LogP contribution in [0.25, 0.3) is 0 Å². The van der Waals surface area contributed by atoms with Crippen molar-refractivity contribution in [1.82, 2.24) is 5.32 Å². The molecule has 1 heterocycles. The van der Waals surface area contributed by atoms with Gasteiger partial charge < -0.3 is 39.3 Å². The highest BCUT2D eigenvalue weighted by Crippen LogP contribution is 2.55. The van der Waals surface area contributed by atoms with Gasteiger partial charge >= 0.3 is 0 Å². The van der Waals surface area contributed by atoms with E-state index in [2.05, 4.69) is 218 Å². The zero-order valence-corrected chi connectivity index (χ0v) is 36.6. The average molecular weight is 889 g/mol. The van der Waals surface area contributed by atoms with Crippen molar-refractivity contribution >= 4 is 52.2 Å². The van der Waals surface area contributed by atoms with Gasteiger partial charge in [0.1, 0.15) is 52.2 Å². The quantitative estimate of drug-likeness (QED) is 0.222. The lowest BCUT2D eigenvalue weighted by atomic mass is 10.2. The molecule has 8 rings (SSSR count). The number of amidine groups is 1. The number of hydrogen-bond acceptors (Lipinski definition) is 2. The van der Waals surface area contributed by atoms with E-state index in [4.69, 9.17) is 0 Å². The van der Waals surface area contributed by atoms with Crippen LogP contribution in [0, 0.1) is 0 Å². The molecule has 0 radical (unpaired) electrons. The maximum Gasteiger partial charge on any atom is 0.128 e.